The molecule has 1 aliphatic rings. The van der Waals surface area contributed by atoms with Crippen molar-refractivity contribution in [2.24, 2.45) is 5.92 Å². The molecule has 1 unspecified atom stereocenters. The molecule has 0 bridgehead atoms. The SMILES string of the molecule is CCOC(=O)c1sc2c(c1N)CC(C)CC2. The van der Waals surface area contributed by atoms with Crippen molar-refractivity contribution < 1.29 is 9.53 Å². The van der Waals surface area contributed by atoms with Crippen LogP contribution >= 0.6 is 11.3 Å². The number of rotatable bonds is 2. The van der Waals surface area contributed by atoms with Crippen LogP contribution in [0.4, 0.5) is 5.69 Å². The van der Waals surface area contributed by atoms with Crippen molar-refractivity contribution in [3.05, 3.63) is 15.3 Å². The van der Waals surface area contributed by atoms with Crippen LogP contribution in [-0.2, 0) is 17.6 Å². The van der Waals surface area contributed by atoms with Gasteiger partial charge in [-0.3, -0.25) is 0 Å². The first-order chi connectivity index (χ1) is 7.63. The smallest absolute Gasteiger partial charge is 0.350 e. The van der Waals surface area contributed by atoms with E-state index < -0.39 is 0 Å². The third kappa shape index (κ3) is 1.94. The van der Waals surface area contributed by atoms with E-state index in [0.717, 1.165) is 12.8 Å². The first-order valence-electron chi connectivity index (χ1n) is 5.70. The Morgan fingerprint density at radius 1 is 1.62 bits per heavy atom. The van der Waals surface area contributed by atoms with Gasteiger partial charge in [0.2, 0.25) is 0 Å². The van der Waals surface area contributed by atoms with Crippen molar-refractivity contribution in [1.82, 2.24) is 0 Å². The predicted molar refractivity (Wildman–Crippen MR) is 65.9 cm³/mol. The molecule has 4 heteroatoms. The summed E-state index contributed by atoms with van der Waals surface area (Å²) in [6.07, 6.45) is 3.23. The molecule has 1 aromatic rings. The summed E-state index contributed by atoms with van der Waals surface area (Å²) in [7, 11) is 0. The van der Waals surface area contributed by atoms with Gasteiger partial charge in [0.05, 0.1) is 12.3 Å². The first kappa shape index (κ1) is 11.5. The van der Waals surface area contributed by atoms with E-state index in [1.165, 1.54) is 28.2 Å². The molecule has 1 aromatic heterocycles. The third-order valence-corrected chi connectivity index (χ3v) is 4.30. The number of anilines is 1. The van der Waals surface area contributed by atoms with Gasteiger partial charge in [0, 0.05) is 4.88 Å². The lowest BCUT2D eigenvalue weighted by Gasteiger charge is -2.18. The summed E-state index contributed by atoms with van der Waals surface area (Å²) in [5.74, 6) is 0.395. The molecular formula is C12H17NO2S. The Morgan fingerprint density at radius 2 is 2.38 bits per heavy atom. The van der Waals surface area contributed by atoms with E-state index in [1.807, 2.05) is 6.92 Å². The van der Waals surface area contributed by atoms with Crippen LogP contribution in [0.2, 0.25) is 0 Å². The number of carbonyl (C=O) groups is 1. The van der Waals surface area contributed by atoms with Crippen molar-refractivity contribution in [3.63, 3.8) is 0 Å². The molecule has 0 spiro atoms. The predicted octanol–water partition coefficient (Wildman–Crippen LogP) is 2.63. The molecule has 1 atom stereocenters. The van der Waals surface area contributed by atoms with Crippen molar-refractivity contribution in [2.75, 3.05) is 12.3 Å². The Bertz CT molecular complexity index is 411. The number of carbonyl (C=O) groups excluding carboxylic acids is 1. The lowest BCUT2D eigenvalue weighted by atomic mass is 9.89. The summed E-state index contributed by atoms with van der Waals surface area (Å²) < 4.78 is 5.00. The minimum Gasteiger partial charge on any atom is -0.462 e. The van der Waals surface area contributed by atoms with Crippen molar-refractivity contribution >= 4 is 23.0 Å². The summed E-state index contributed by atoms with van der Waals surface area (Å²) in [5, 5.41) is 0. The average Bonchev–Trinajstić information content (AvgIpc) is 2.57. The van der Waals surface area contributed by atoms with E-state index in [4.69, 9.17) is 10.5 Å². The highest BCUT2D eigenvalue weighted by Crippen LogP contribution is 2.38. The highest BCUT2D eigenvalue weighted by atomic mass is 32.1. The van der Waals surface area contributed by atoms with Gasteiger partial charge in [-0.2, -0.15) is 0 Å². The number of hydrogen-bond donors (Lipinski definition) is 1. The zero-order valence-corrected chi connectivity index (χ0v) is 10.5. The quantitative estimate of drug-likeness (QED) is 0.807. The second kappa shape index (κ2) is 4.45. The monoisotopic (exact) mass is 239 g/mol. The number of esters is 1. The maximum absolute atomic E-state index is 11.7. The van der Waals surface area contributed by atoms with Crippen LogP contribution in [0, 0.1) is 5.92 Å². The summed E-state index contributed by atoms with van der Waals surface area (Å²) in [6, 6.07) is 0. The van der Waals surface area contributed by atoms with Crippen molar-refractivity contribution in [2.45, 2.75) is 33.1 Å². The van der Waals surface area contributed by atoms with Gasteiger partial charge in [-0.1, -0.05) is 6.92 Å². The van der Waals surface area contributed by atoms with E-state index >= 15 is 0 Å². The number of hydrogen-bond acceptors (Lipinski definition) is 4. The van der Waals surface area contributed by atoms with Crippen molar-refractivity contribution in [1.29, 1.82) is 0 Å². The minimum atomic E-state index is -0.271. The average molecular weight is 239 g/mol. The lowest BCUT2D eigenvalue weighted by Crippen LogP contribution is -2.11. The fourth-order valence-corrected chi connectivity index (χ4v) is 3.29. The van der Waals surface area contributed by atoms with Crippen LogP contribution in [0.15, 0.2) is 0 Å². The Hall–Kier alpha value is -1.03. The van der Waals surface area contributed by atoms with Crippen LogP contribution in [0.1, 0.15) is 40.4 Å². The van der Waals surface area contributed by atoms with Crippen LogP contribution in [0.3, 0.4) is 0 Å². The van der Waals surface area contributed by atoms with Gasteiger partial charge in [-0.25, -0.2) is 4.79 Å². The van der Waals surface area contributed by atoms with E-state index in [1.54, 1.807) is 0 Å². The molecule has 0 aromatic carbocycles. The van der Waals surface area contributed by atoms with Gasteiger partial charge >= 0.3 is 5.97 Å². The normalized spacial score (nSPS) is 19.2. The summed E-state index contributed by atoms with van der Waals surface area (Å²) in [4.78, 5) is 13.5. The summed E-state index contributed by atoms with van der Waals surface area (Å²) in [6.45, 7) is 4.44. The molecule has 3 nitrogen and oxygen atoms in total. The van der Waals surface area contributed by atoms with Gasteiger partial charge in [-0.05, 0) is 37.7 Å². The molecule has 2 N–H and O–H groups in total. The molecule has 88 valence electrons. The summed E-state index contributed by atoms with van der Waals surface area (Å²) >= 11 is 1.51. The highest BCUT2D eigenvalue weighted by molar-refractivity contribution is 7.14. The minimum absolute atomic E-state index is 0.271. The third-order valence-electron chi connectivity index (χ3n) is 3.01. The number of ether oxygens (including phenoxy) is 1. The van der Waals surface area contributed by atoms with Gasteiger partial charge in [-0.15, -0.1) is 11.3 Å². The molecule has 1 aliphatic carbocycles. The first-order valence-corrected chi connectivity index (χ1v) is 6.52. The zero-order valence-electron chi connectivity index (χ0n) is 9.71. The van der Waals surface area contributed by atoms with Crippen LogP contribution in [0.25, 0.3) is 0 Å². The standard InChI is InChI=1S/C12H17NO2S/c1-3-15-12(14)11-10(13)8-6-7(2)4-5-9(8)16-11/h7H,3-6,13H2,1-2H3. The molecule has 16 heavy (non-hydrogen) atoms. The second-order valence-corrected chi connectivity index (χ2v) is 5.42. The molecule has 0 aliphatic heterocycles. The van der Waals surface area contributed by atoms with E-state index in [-0.39, 0.29) is 5.97 Å². The molecule has 0 fully saturated rings. The fraction of sp³-hybridized carbons (Fsp3) is 0.583. The molecule has 0 saturated heterocycles. The van der Waals surface area contributed by atoms with E-state index in [2.05, 4.69) is 6.92 Å². The van der Waals surface area contributed by atoms with Gasteiger partial charge in [0.15, 0.2) is 0 Å². The number of nitrogen functional groups attached to an aromatic ring is 1. The maximum atomic E-state index is 11.7. The highest BCUT2D eigenvalue weighted by Gasteiger charge is 2.25. The Labute approximate surface area is 99.6 Å². The Kier molecular flexibility index (Phi) is 3.19. The van der Waals surface area contributed by atoms with Gasteiger partial charge in [0.25, 0.3) is 0 Å². The largest absolute Gasteiger partial charge is 0.462 e. The van der Waals surface area contributed by atoms with Gasteiger partial charge < -0.3 is 10.5 Å². The molecule has 0 saturated carbocycles. The lowest BCUT2D eigenvalue weighted by molar-refractivity contribution is 0.0533. The van der Waals surface area contributed by atoms with Crippen molar-refractivity contribution in [3.8, 4) is 0 Å². The number of nitrogens with two attached hydrogens (primary N) is 1. The molecule has 2 rings (SSSR count). The van der Waals surface area contributed by atoms with Crippen LogP contribution in [-0.4, -0.2) is 12.6 Å². The van der Waals surface area contributed by atoms with E-state index in [9.17, 15) is 4.79 Å². The van der Waals surface area contributed by atoms with E-state index in [0.29, 0.717) is 23.1 Å². The molecular weight excluding hydrogens is 222 g/mol. The number of fused-ring (bicyclic) bond motifs is 1. The molecule has 1 heterocycles. The topological polar surface area (TPSA) is 52.3 Å². The number of thiophene rings is 1. The Balaban J connectivity index is 2.32. The molecule has 0 radical (unpaired) electrons. The summed E-state index contributed by atoms with van der Waals surface area (Å²) in [5.41, 5.74) is 7.87. The van der Waals surface area contributed by atoms with Crippen LogP contribution in [0.5, 0.6) is 0 Å². The molecule has 0 amide bonds. The van der Waals surface area contributed by atoms with Gasteiger partial charge in [0.1, 0.15) is 4.88 Å². The number of aryl methyl sites for hydroxylation is 1. The Morgan fingerprint density at radius 3 is 3.06 bits per heavy atom. The second-order valence-electron chi connectivity index (χ2n) is 4.32. The zero-order chi connectivity index (χ0) is 11.7. The fourth-order valence-electron chi connectivity index (χ4n) is 2.13. The maximum Gasteiger partial charge on any atom is 0.350 e. The van der Waals surface area contributed by atoms with Crippen LogP contribution < -0.4 is 5.73 Å².